The first kappa shape index (κ1) is 24.9. The van der Waals surface area contributed by atoms with Crippen LogP contribution in [0.4, 0.5) is 0 Å². The molecular weight excluding hydrogens is 438 g/mol. The van der Waals surface area contributed by atoms with Crippen molar-refractivity contribution in [3.05, 3.63) is 65.9 Å². The van der Waals surface area contributed by atoms with E-state index in [1.165, 1.54) is 0 Å². The summed E-state index contributed by atoms with van der Waals surface area (Å²) in [5, 5.41) is 0.939. The number of fused-ring (bicyclic) bond motifs is 1. The number of nitrogens with zero attached hydrogens (tertiary/aromatic N) is 3. The van der Waals surface area contributed by atoms with Crippen LogP contribution in [0.2, 0.25) is 0 Å². The molecular formula is C29H35N3O3. The monoisotopic (exact) mass is 473 g/mol. The first-order valence-electron chi connectivity index (χ1n) is 12.7. The fourth-order valence-corrected chi connectivity index (χ4v) is 5.05. The maximum absolute atomic E-state index is 13.3. The van der Waals surface area contributed by atoms with E-state index in [1.54, 1.807) is 0 Å². The van der Waals surface area contributed by atoms with Gasteiger partial charge in [-0.25, -0.2) is 4.79 Å². The molecule has 1 saturated heterocycles. The highest BCUT2D eigenvalue weighted by atomic mass is 16.5. The third kappa shape index (κ3) is 5.38. The van der Waals surface area contributed by atoms with E-state index in [0.29, 0.717) is 18.7 Å². The highest BCUT2D eigenvalue weighted by Crippen LogP contribution is 2.34. The van der Waals surface area contributed by atoms with Crippen LogP contribution >= 0.6 is 0 Å². The fraction of sp³-hybridized carbons (Fsp3) is 0.414. The average molecular weight is 474 g/mol. The predicted octanol–water partition coefficient (Wildman–Crippen LogP) is 5.16. The van der Waals surface area contributed by atoms with E-state index in [2.05, 4.69) is 4.90 Å². The molecule has 0 spiro atoms. The van der Waals surface area contributed by atoms with Gasteiger partial charge in [0.15, 0.2) is 0 Å². The summed E-state index contributed by atoms with van der Waals surface area (Å²) < 4.78 is 5.52. The van der Waals surface area contributed by atoms with Crippen molar-refractivity contribution < 1.29 is 14.3 Å². The van der Waals surface area contributed by atoms with Crippen LogP contribution in [0, 0.1) is 5.92 Å². The summed E-state index contributed by atoms with van der Waals surface area (Å²) in [4.78, 5) is 35.3. The highest BCUT2D eigenvalue weighted by Gasteiger charge is 2.30. The maximum atomic E-state index is 13.3. The number of piperidine rings is 1. The summed E-state index contributed by atoms with van der Waals surface area (Å²) in [6, 6.07) is 18.0. The van der Waals surface area contributed by atoms with Gasteiger partial charge in [-0.1, -0.05) is 48.5 Å². The summed E-state index contributed by atoms with van der Waals surface area (Å²) in [6.45, 7) is 9.84. The van der Waals surface area contributed by atoms with Crippen molar-refractivity contribution in [2.75, 3.05) is 32.8 Å². The van der Waals surface area contributed by atoms with Gasteiger partial charge in [-0.3, -0.25) is 14.7 Å². The van der Waals surface area contributed by atoms with Gasteiger partial charge >= 0.3 is 5.97 Å². The van der Waals surface area contributed by atoms with Crippen LogP contribution in [0.1, 0.15) is 49.7 Å². The Morgan fingerprint density at radius 1 is 0.971 bits per heavy atom. The van der Waals surface area contributed by atoms with Crippen molar-refractivity contribution in [2.45, 2.75) is 40.2 Å². The van der Waals surface area contributed by atoms with Crippen LogP contribution in [-0.4, -0.2) is 59.4 Å². The number of carbonyl (C=O) groups excluding carboxylic acids is 2. The molecule has 0 aliphatic carbocycles. The van der Waals surface area contributed by atoms with E-state index in [1.807, 2.05) is 80.3 Å². The number of esters is 1. The second-order valence-electron chi connectivity index (χ2n) is 8.97. The molecule has 1 aliphatic rings. The van der Waals surface area contributed by atoms with E-state index >= 15 is 0 Å². The number of likely N-dealkylation sites (tertiary alicyclic amines) is 1. The average Bonchev–Trinajstić information content (AvgIpc) is 2.89. The molecule has 6 heteroatoms. The zero-order chi connectivity index (χ0) is 24.8. The lowest BCUT2D eigenvalue weighted by Crippen LogP contribution is -2.42. The number of aromatic nitrogens is 1. The summed E-state index contributed by atoms with van der Waals surface area (Å²) in [5.74, 6) is -0.0108. The lowest BCUT2D eigenvalue weighted by molar-refractivity contribution is -0.136. The van der Waals surface area contributed by atoms with Crippen molar-refractivity contribution in [2.24, 2.45) is 5.92 Å². The molecule has 1 fully saturated rings. The normalized spacial score (nSPS) is 14.7. The van der Waals surface area contributed by atoms with Gasteiger partial charge in [0.1, 0.15) is 0 Å². The molecule has 0 saturated carbocycles. The Morgan fingerprint density at radius 3 is 2.29 bits per heavy atom. The number of benzene rings is 2. The Morgan fingerprint density at radius 2 is 1.63 bits per heavy atom. The molecule has 1 aromatic heterocycles. The highest BCUT2D eigenvalue weighted by molar-refractivity contribution is 6.07. The predicted molar refractivity (Wildman–Crippen MR) is 139 cm³/mol. The fourth-order valence-electron chi connectivity index (χ4n) is 5.05. The van der Waals surface area contributed by atoms with Crippen LogP contribution in [0.25, 0.3) is 22.0 Å². The molecule has 4 rings (SSSR count). The topological polar surface area (TPSA) is 62.7 Å². The molecule has 0 unspecified atom stereocenters. The molecule has 0 bridgehead atoms. The minimum Gasteiger partial charge on any atom is -0.462 e. The molecule has 35 heavy (non-hydrogen) atoms. The van der Waals surface area contributed by atoms with Crippen LogP contribution in [0.15, 0.2) is 54.6 Å². The third-order valence-corrected chi connectivity index (χ3v) is 6.89. The Kier molecular flexibility index (Phi) is 8.13. The molecule has 6 nitrogen and oxygen atoms in total. The largest absolute Gasteiger partial charge is 0.462 e. The van der Waals surface area contributed by atoms with Crippen molar-refractivity contribution >= 4 is 22.8 Å². The zero-order valence-corrected chi connectivity index (χ0v) is 21.0. The van der Waals surface area contributed by atoms with Crippen molar-refractivity contribution in [1.82, 2.24) is 14.8 Å². The Balaban J connectivity index is 1.68. The number of carbonyl (C=O) groups is 2. The number of ether oxygens (including phenoxy) is 1. The minimum atomic E-state index is -0.341. The zero-order valence-electron chi connectivity index (χ0n) is 21.0. The Bertz CT molecular complexity index is 1170. The number of rotatable bonds is 8. The van der Waals surface area contributed by atoms with Gasteiger partial charge in [0, 0.05) is 36.5 Å². The van der Waals surface area contributed by atoms with Gasteiger partial charge < -0.3 is 9.64 Å². The number of pyridine rings is 1. The molecule has 3 aromatic rings. The van der Waals surface area contributed by atoms with Gasteiger partial charge in [0.25, 0.3) is 0 Å². The van der Waals surface area contributed by atoms with E-state index in [-0.39, 0.29) is 17.8 Å². The quantitative estimate of drug-likeness (QED) is 0.423. The molecule has 1 aliphatic heterocycles. The molecule has 184 valence electrons. The molecule has 0 atom stereocenters. The van der Waals surface area contributed by atoms with E-state index in [4.69, 9.17) is 9.72 Å². The Hall–Kier alpha value is -3.25. The van der Waals surface area contributed by atoms with Crippen molar-refractivity contribution in [1.29, 1.82) is 0 Å². The van der Waals surface area contributed by atoms with Crippen LogP contribution in [0.5, 0.6) is 0 Å². The SMILES string of the molecule is CCOC(=O)c1c(CN2CCC(C(=O)N(CC)CC)CC2)nc2ccccc2c1-c1ccccc1. The number of amides is 1. The van der Waals surface area contributed by atoms with Gasteiger partial charge in [-0.15, -0.1) is 0 Å². The third-order valence-electron chi connectivity index (χ3n) is 6.89. The second-order valence-corrected chi connectivity index (χ2v) is 8.97. The first-order valence-corrected chi connectivity index (χ1v) is 12.7. The van der Waals surface area contributed by atoms with Gasteiger partial charge in [-0.2, -0.15) is 0 Å². The number of hydrogen-bond donors (Lipinski definition) is 0. The summed E-state index contributed by atoms with van der Waals surface area (Å²) >= 11 is 0. The van der Waals surface area contributed by atoms with E-state index in [9.17, 15) is 9.59 Å². The van der Waals surface area contributed by atoms with Crippen molar-refractivity contribution in [3.8, 4) is 11.1 Å². The molecule has 2 heterocycles. The summed E-state index contributed by atoms with van der Waals surface area (Å²) in [7, 11) is 0. The Labute approximate surface area is 207 Å². The smallest absolute Gasteiger partial charge is 0.340 e. The lowest BCUT2D eigenvalue weighted by atomic mass is 9.92. The molecule has 0 radical (unpaired) electrons. The molecule has 2 aromatic carbocycles. The van der Waals surface area contributed by atoms with Crippen molar-refractivity contribution in [3.63, 3.8) is 0 Å². The van der Waals surface area contributed by atoms with Crippen LogP contribution in [0.3, 0.4) is 0 Å². The first-order chi connectivity index (χ1) is 17.1. The van der Waals surface area contributed by atoms with Gasteiger partial charge in [0.2, 0.25) is 5.91 Å². The standard InChI is InChI=1S/C29H35N3O3/c1-4-32(5-2)28(33)22-16-18-31(19-17-22)20-25-27(29(34)35-6-3)26(21-12-8-7-9-13-21)23-14-10-11-15-24(23)30-25/h7-15,22H,4-6,16-20H2,1-3H3. The number of hydrogen-bond acceptors (Lipinski definition) is 5. The van der Waals surface area contributed by atoms with Gasteiger partial charge in [-0.05, 0) is 58.3 Å². The minimum absolute atomic E-state index is 0.0696. The maximum Gasteiger partial charge on any atom is 0.340 e. The number of para-hydroxylation sites is 1. The second kappa shape index (κ2) is 11.5. The summed E-state index contributed by atoms with van der Waals surface area (Å²) in [6.07, 6.45) is 1.65. The van der Waals surface area contributed by atoms with Gasteiger partial charge in [0.05, 0.1) is 23.4 Å². The van der Waals surface area contributed by atoms with Crippen LogP contribution < -0.4 is 0 Å². The van der Waals surface area contributed by atoms with E-state index < -0.39 is 0 Å². The molecule has 1 amide bonds. The van der Waals surface area contributed by atoms with E-state index in [0.717, 1.165) is 66.7 Å². The summed E-state index contributed by atoms with van der Waals surface area (Å²) in [5.41, 5.74) is 3.98. The van der Waals surface area contributed by atoms with Crippen LogP contribution in [-0.2, 0) is 16.1 Å². The molecule has 0 N–H and O–H groups in total. The lowest BCUT2D eigenvalue weighted by Gasteiger charge is -2.34.